The minimum atomic E-state index is -1.54. The van der Waals surface area contributed by atoms with Gasteiger partial charge in [-0.2, -0.15) is 0 Å². The van der Waals surface area contributed by atoms with Crippen LogP contribution in [0.3, 0.4) is 0 Å². The molecule has 0 aliphatic rings. The van der Waals surface area contributed by atoms with Crippen LogP contribution < -0.4 is 10.6 Å². The van der Waals surface area contributed by atoms with E-state index in [-0.39, 0.29) is 5.11 Å². The van der Waals surface area contributed by atoms with Crippen molar-refractivity contribution in [2.45, 2.75) is 19.8 Å². The molecule has 0 saturated heterocycles. The number of nitrogens with one attached hydrogen (secondary N) is 2. The summed E-state index contributed by atoms with van der Waals surface area (Å²) in [5.41, 5.74) is -0.952. The van der Waals surface area contributed by atoms with Crippen LogP contribution in [0.5, 0.6) is 0 Å². The van der Waals surface area contributed by atoms with Crippen molar-refractivity contribution in [2.75, 3.05) is 11.9 Å². The topological polar surface area (TPSA) is 24.1 Å². The Morgan fingerprint density at radius 2 is 1.63 bits per heavy atom. The first-order valence-electron chi connectivity index (χ1n) is 5.46. The van der Waals surface area contributed by atoms with Gasteiger partial charge in [0, 0.05) is 6.54 Å². The largest absolute Gasteiger partial charge is 0.362 e. The predicted molar refractivity (Wildman–Crippen MR) is 73.1 cm³/mol. The number of anilines is 1. The molecule has 0 aliphatic carbocycles. The maximum absolute atomic E-state index is 13.5. The third kappa shape index (κ3) is 3.79. The molecule has 0 fully saturated rings. The lowest BCUT2D eigenvalue weighted by Crippen LogP contribution is -2.30. The van der Waals surface area contributed by atoms with E-state index < -0.39 is 33.4 Å². The van der Waals surface area contributed by atoms with E-state index in [0.717, 1.165) is 12.8 Å². The van der Waals surface area contributed by atoms with Crippen molar-refractivity contribution in [1.29, 1.82) is 0 Å². The summed E-state index contributed by atoms with van der Waals surface area (Å²) in [6.45, 7) is 2.45. The fraction of sp³-hybridized carbons (Fsp3) is 0.364. The average molecular weight is 359 g/mol. The van der Waals surface area contributed by atoms with E-state index in [1.807, 2.05) is 6.92 Å². The van der Waals surface area contributed by atoms with E-state index in [9.17, 15) is 17.6 Å². The van der Waals surface area contributed by atoms with Gasteiger partial charge in [-0.25, -0.2) is 17.6 Å². The molecule has 0 aliphatic heterocycles. The zero-order valence-electron chi connectivity index (χ0n) is 9.92. The van der Waals surface area contributed by atoms with Crippen LogP contribution in [0, 0.1) is 23.3 Å². The van der Waals surface area contributed by atoms with Crippen LogP contribution in [-0.2, 0) is 0 Å². The van der Waals surface area contributed by atoms with Crippen molar-refractivity contribution in [3.63, 3.8) is 0 Å². The van der Waals surface area contributed by atoms with E-state index in [2.05, 4.69) is 26.6 Å². The average Bonchev–Trinajstić information content (AvgIpc) is 2.39. The molecule has 0 unspecified atom stereocenters. The first-order valence-corrected chi connectivity index (χ1v) is 6.66. The number of hydrogen-bond donors (Lipinski definition) is 2. The Labute approximate surface area is 121 Å². The van der Waals surface area contributed by atoms with Crippen LogP contribution in [0.1, 0.15) is 19.8 Å². The maximum Gasteiger partial charge on any atom is 0.186 e. The monoisotopic (exact) mass is 358 g/mol. The van der Waals surface area contributed by atoms with E-state index in [1.165, 1.54) is 0 Å². The van der Waals surface area contributed by atoms with Crippen LogP contribution in [-0.4, -0.2) is 11.7 Å². The molecule has 0 aromatic heterocycles. The van der Waals surface area contributed by atoms with Gasteiger partial charge in [0.2, 0.25) is 0 Å². The minimum absolute atomic E-state index is 0.104. The molecule has 2 N–H and O–H groups in total. The highest BCUT2D eigenvalue weighted by atomic mass is 79.9. The van der Waals surface area contributed by atoms with Crippen molar-refractivity contribution in [3.05, 3.63) is 27.7 Å². The number of benzene rings is 1. The van der Waals surface area contributed by atoms with E-state index in [4.69, 9.17) is 12.2 Å². The van der Waals surface area contributed by atoms with Gasteiger partial charge in [-0.3, -0.25) is 0 Å². The molecule has 0 atom stereocenters. The molecule has 0 radical (unpaired) electrons. The van der Waals surface area contributed by atoms with E-state index in [0.29, 0.717) is 6.54 Å². The Morgan fingerprint density at radius 1 is 1.11 bits per heavy atom. The number of rotatable bonds is 4. The predicted octanol–water partition coefficient (Wildman–Crippen LogP) is 4.09. The summed E-state index contributed by atoms with van der Waals surface area (Å²) in [6.07, 6.45) is 1.70. The second-order valence-corrected chi connectivity index (χ2v) is 4.88. The molecule has 0 saturated carbocycles. The zero-order chi connectivity index (χ0) is 14.6. The van der Waals surface area contributed by atoms with Crippen LogP contribution >= 0.6 is 28.1 Å². The van der Waals surface area contributed by atoms with Gasteiger partial charge in [0.05, 0.1) is 4.47 Å². The van der Waals surface area contributed by atoms with Gasteiger partial charge in [0.25, 0.3) is 0 Å². The Balaban J connectivity index is 2.93. The van der Waals surface area contributed by atoms with Gasteiger partial charge < -0.3 is 10.6 Å². The second-order valence-electron chi connectivity index (χ2n) is 3.68. The molecular formula is C11H11BrF4N2S. The highest BCUT2D eigenvalue weighted by Gasteiger charge is 2.24. The normalized spacial score (nSPS) is 10.4. The van der Waals surface area contributed by atoms with Gasteiger partial charge >= 0.3 is 0 Å². The molecule has 0 spiro atoms. The lowest BCUT2D eigenvalue weighted by molar-refractivity contribution is 0.452. The summed E-state index contributed by atoms with van der Waals surface area (Å²) >= 11 is 7.20. The van der Waals surface area contributed by atoms with E-state index in [1.54, 1.807) is 0 Å². The first kappa shape index (κ1) is 16.2. The summed E-state index contributed by atoms with van der Waals surface area (Å²) < 4.78 is 52.6. The van der Waals surface area contributed by atoms with Gasteiger partial charge in [-0.15, -0.1) is 0 Å². The first-order chi connectivity index (χ1) is 8.90. The molecule has 1 rings (SSSR count). The summed E-state index contributed by atoms with van der Waals surface area (Å²) in [5.74, 6) is -6.11. The minimum Gasteiger partial charge on any atom is -0.362 e. The van der Waals surface area contributed by atoms with Gasteiger partial charge in [0.1, 0.15) is 5.69 Å². The fourth-order valence-electron chi connectivity index (χ4n) is 1.25. The van der Waals surface area contributed by atoms with Crippen molar-refractivity contribution in [3.8, 4) is 0 Å². The molecule has 19 heavy (non-hydrogen) atoms. The van der Waals surface area contributed by atoms with Crippen LogP contribution in [0.2, 0.25) is 0 Å². The molecular weight excluding hydrogens is 348 g/mol. The third-order valence-corrected chi connectivity index (χ3v) is 3.21. The molecule has 106 valence electrons. The van der Waals surface area contributed by atoms with Crippen LogP contribution in [0.15, 0.2) is 4.47 Å². The second kappa shape index (κ2) is 7.04. The highest BCUT2D eigenvalue weighted by Crippen LogP contribution is 2.31. The number of hydrogen-bond acceptors (Lipinski definition) is 1. The summed E-state index contributed by atoms with van der Waals surface area (Å²) in [7, 11) is 0. The standard InChI is InChI=1S/C11H11BrF4N2S/c1-2-3-4-17-11(19)18-10-8(15)6(13)5(12)7(14)9(10)16/h2-4H2,1H3,(H2,17,18,19). The molecule has 0 bridgehead atoms. The lowest BCUT2D eigenvalue weighted by atomic mass is 10.2. The quantitative estimate of drug-likeness (QED) is 0.278. The molecule has 2 nitrogen and oxygen atoms in total. The highest BCUT2D eigenvalue weighted by molar-refractivity contribution is 9.10. The fourth-order valence-corrected chi connectivity index (χ4v) is 1.80. The smallest absolute Gasteiger partial charge is 0.186 e. The van der Waals surface area contributed by atoms with Crippen molar-refractivity contribution < 1.29 is 17.6 Å². The Kier molecular flexibility index (Phi) is 5.99. The number of unbranched alkanes of at least 4 members (excludes halogenated alkanes) is 1. The van der Waals surface area contributed by atoms with Gasteiger partial charge in [0.15, 0.2) is 28.4 Å². The molecule has 1 aromatic carbocycles. The Bertz CT molecular complexity index is 467. The van der Waals surface area contributed by atoms with Crippen molar-refractivity contribution >= 4 is 38.9 Å². The zero-order valence-corrected chi connectivity index (χ0v) is 12.3. The molecule has 1 aromatic rings. The Hall–Kier alpha value is -0.890. The van der Waals surface area contributed by atoms with Gasteiger partial charge in [-0.1, -0.05) is 13.3 Å². The summed E-state index contributed by atoms with van der Waals surface area (Å²) in [4.78, 5) is 0. The molecule has 0 amide bonds. The molecule has 8 heteroatoms. The Morgan fingerprint density at radius 3 is 2.11 bits per heavy atom. The van der Waals surface area contributed by atoms with Gasteiger partial charge in [-0.05, 0) is 34.6 Å². The van der Waals surface area contributed by atoms with Crippen molar-refractivity contribution in [1.82, 2.24) is 5.32 Å². The van der Waals surface area contributed by atoms with Crippen LogP contribution in [0.25, 0.3) is 0 Å². The lowest BCUT2D eigenvalue weighted by Gasteiger charge is -2.13. The maximum atomic E-state index is 13.5. The molecule has 0 heterocycles. The number of halogens is 5. The third-order valence-electron chi connectivity index (χ3n) is 2.26. The summed E-state index contributed by atoms with van der Waals surface area (Å²) in [5, 5.41) is 4.68. The van der Waals surface area contributed by atoms with Crippen molar-refractivity contribution in [2.24, 2.45) is 0 Å². The van der Waals surface area contributed by atoms with Crippen LogP contribution in [0.4, 0.5) is 23.2 Å². The summed E-state index contributed by atoms with van der Waals surface area (Å²) in [6, 6.07) is 0. The van der Waals surface area contributed by atoms with E-state index >= 15 is 0 Å². The SMILES string of the molecule is CCCCNC(=S)Nc1c(F)c(F)c(Br)c(F)c1F. The number of thiocarbonyl (C=S) groups is 1.